The summed E-state index contributed by atoms with van der Waals surface area (Å²) in [5.74, 6) is 0.703. The van der Waals surface area contributed by atoms with E-state index < -0.39 is 0 Å². The van der Waals surface area contributed by atoms with Gasteiger partial charge in [0.2, 0.25) is 11.8 Å². The van der Waals surface area contributed by atoms with Gasteiger partial charge in [-0.3, -0.25) is 4.79 Å². The minimum Gasteiger partial charge on any atom is -0.369 e. The lowest BCUT2D eigenvalue weighted by molar-refractivity contribution is -0.123. The van der Waals surface area contributed by atoms with Crippen LogP contribution in [0, 0.1) is 12.8 Å². The lowest BCUT2D eigenvalue weighted by Crippen LogP contribution is -2.42. The number of piperidine rings is 1. The highest BCUT2D eigenvalue weighted by Crippen LogP contribution is 2.15. The van der Waals surface area contributed by atoms with Crippen LogP contribution in [0.4, 0.5) is 4.79 Å². The number of nitrogens with two attached hydrogens (primary N) is 1. The lowest BCUT2D eigenvalue weighted by atomic mass is 9.97. The van der Waals surface area contributed by atoms with Crippen LogP contribution in [0.3, 0.4) is 0 Å². The van der Waals surface area contributed by atoms with Gasteiger partial charge in [-0.2, -0.15) is 4.98 Å². The van der Waals surface area contributed by atoms with Gasteiger partial charge in [-0.15, -0.1) is 0 Å². The molecule has 0 aromatic carbocycles. The molecule has 0 unspecified atom stereocenters. The van der Waals surface area contributed by atoms with E-state index in [-0.39, 0.29) is 24.4 Å². The number of aromatic nitrogens is 2. The molecule has 1 saturated heterocycles. The number of likely N-dealkylation sites (tertiary alicyclic amines) is 1. The number of carbonyl (C=O) groups is 2. The summed E-state index contributed by atoms with van der Waals surface area (Å²) in [5.41, 5.74) is 5.38. The first-order valence-electron chi connectivity index (χ1n) is 8.25. The maximum Gasteiger partial charge on any atom is 0.317 e. The highest BCUT2D eigenvalue weighted by Gasteiger charge is 2.23. The summed E-state index contributed by atoms with van der Waals surface area (Å²) in [6, 6.07) is -0.181. The smallest absolute Gasteiger partial charge is 0.317 e. The average molecular weight is 338 g/mol. The van der Waals surface area contributed by atoms with Crippen molar-refractivity contribution in [2.75, 3.05) is 33.2 Å². The SMILES string of the molecule is Cc1noc(CN(C)C(=O)NCCCN2CCC[C@H](C(N)=O)C2)n1. The molecular weight excluding hydrogens is 312 g/mol. The van der Waals surface area contributed by atoms with Crippen LogP contribution in [-0.2, 0) is 11.3 Å². The minimum atomic E-state index is -0.217. The topological polar surface area (TPSA) is 118 Å². The lowest BCUT2D eigenvalue weighted by Gasteiger charge is -2.31. The van der Waals surface area contributed by atoms with Crippen molar-refractivity contribution in [3.05, 3.63) is 11.7 Å². The van der Waals surface area contributed by atoms with Gasteiger partial charge < -0.3 is 25.4 Å². The van der Waals surface area contributed by atoms with Crippen molar-refractivity contribution in [2.24, 2.45) is 11.7 Å². The number of rotatable bonds is 7. The molecule has 0 aliphatic carbocycles. The highest BCUT2D eigenvalue weighted by atomic mass is 16.5. The second kappa shape index (κ2) is 8.62. The highest BCUT2D eigenvalue weighted by molar-refractivity contribution is 5.77. The molecule has 0 saturated carbocycles. The predicted molar refractivity (Wildman–Crippen MR) is 86.9 cm³/mol. The Morgan fingerprint density at radius 1 is 1.50 bits per heavy atom. The standard InChI is InChI=1S/C15H26N6O3/c1-11-18-13(24-19-11)10-20(2)15(23)17-6-4-8-21-7-3-5-12(9-21)14(16)22/h12H,3-10H2,1-2H3,(H2,16,22)(H,17,23)/t12-/m0/s1. The van der Waals surface area contributed by atoms with Crippen LogP contribution in [-0.4, -0.2) is 65.1 Å². The molecule has 1 aliphatic rings. The zero-order valence-electron chi connectivity index (χ0n) is 14.3. The minimum absolute atomic E-state index is 0.0441. The molecule has 1 aliphatic heterocycles. The average Bonchev–Trinajstić information content (AvgIpc) is 2.96. The summed E-state index contributed by atoms with van der Waals surface area (Å²) in [7, 11) is 1.68. The number of nitrogens with one attached hydrogen (secondary N) is 1. The number of amides is 3. The Labute approximate surface area is 141 Å². The van der Waals surface area contributed by atoms with E-state index >= 15 is 0 Å². The summed E-state index contributed by atoms with van der Waals surface area (Å²) < 4.78 is 4.99. The van der Waals surface area contributed by atoms with Crippen molar-refractivity contribution < 1.29 is 14.1 Å². The van der Waals surface area contributed by atoms with Crippen LogP contribution in [0.15, 0.2) is 4.52 Å². The van der Waals surface area contributed by atoms with Crippen molar-refractivity contribution in [3.8, 4) is 0 Å². The van der Waals surface area contributed by atoms with Gasteiger partial charge in [-0.1, -0.05) is 5.16 Å². The van der Waals surface area contributed by atoms with Gasteiger partial charge in [0.25, 0.3) is 0 Å². The second-order valence-electron chi connectivity index (χ2n) is 6.22. The van der Waals surface area contributed by atoms with Gasteiger partial charge in [0, 0.05) is 20.1 Å². The molecule has 1 aromatic rings. The molecule has 1 aromatic heterocycles. The van der Waals surface area contributed by atoms with Crippen LogP contribution in [0.25, 0.3) is 0 Å². The van der Waals surface area contributed by atoms with E-state index in [9.17, 15) is 9.59 Å². The van der Waals surface area contributed by atoms with Crippen LogP contribution in [0.1, 0.15) is 31.0 Å². The molecule has 0 bridgehead atoms. The Morgan fingerprint density at radius 2 is 2.29 bits per heavy atom. The van der Waals surface area contributed by atoms with Gasteiger partial charge in [-0.25, -0.2) is 4.79 Å². The van der Waals surface area contributed by atoms with E-state index in [1.807, 2.05) is 0 Å². The monoisotopic (exact) mass is 338 g/mol. The molecule has 134 valence electrons. The van der Waals surface area contributed by atoms with E-state index in [1.54, 1.807) is 14.0 Å². The Hall–Kier alpha value is -2.16. The molecule has 2 heterocycles. The van der Waals surface area contributed by atoms with Crippen molar-refractivity contribution in [1.82, 2.24) is 25.3 Å². The van der Waals surface area contributed by atoms with Gasteiger partial charge in [0.05, 0.1) is 5.92 Å². The van der Waals surface area contributed by atoms with Crippen LogP contribution >= 0.6 is 0 Å². The van der Waals surface area contributed by atoms with Crippen molar-refractivity contribution in [2.45, 2.75) is 32.7 Å². The molecular formula is C15H26N6O3. The third-order valence-corrected chi connectivity index (χ3v) is 4.12. The Bertz CT molecular complexity index is 561. The number of aryl methyl sites for hydroxylation is 1. The zero-order valence-corrected chi connectivity index (χ0v) is 14.3. The predicted octanol–water partition coefficient (Wildman–Crippen LogP) is 0.107. The molecule has 3 amide bonds. The van der Waals surface area contributed by atoms with E-state index in [0.29, 0.717) is 18.3 Å². The Kier molecular flexibility index (Phi) is 6.53. The number of hydrogen-bond donors (Lipinski definition) is 2. The van der Waals surface area contributed by atoms with Crippen LogP contribution in [0.5, 0.6) is 0 Å². The zero-order chi connectivity index (χ0) is 17.5. The van der Waals surface area contributed by atoms with Gasteiger partial charge in [0.1, 0.15) is 6.54 Å². The molecule has 1 atom stereocenters. The van der Waals surface area contributed by atoms with Gasteiger partial charge in [0.15, 0.2) is 5.82 Å². The third-order valence-electron chi connectivity index (χ3n) is 4.12. The first-order valence-corrected chi connectivity index (χ1v) is 8.25. The summed E-state index contributed by atoms with van der Waals surface area (Å²) in [5, 5.41) is 6.55. The normalized spacial score (nSPS) is 18.3. The summed E-state index contributed by atoms with van der Waals surface area (Å²) >= 11 is 0. The van der Waals surface area contributed by atoms with Gasteiger partial charge >= 0.3 is 6.03 Å². The first kappa shape index (κ1) is 18.2. The number of carbonyl (C=O) groups excluding carboxylic acids is 2. The fourth-order valence-electron chi connectivity index (χ4n) is 2.80. The van der Waals surface area contributed by atoms with E-state index in [1.165, 1.54) is 4.90 Å². The van der Waals surface area contributed by atoms with E-state index in [4.69, 9.17) is 10.3 Å². The van der Waals surface area contributed by atoms with Crippen molar-refractivity contribution in [3.63, 3.8) is 0 Å². The molecule has 9 nitrogen and oxygen atoms in total. The van der Waals surface area contributed by atoms with Crippen LogP contribution < -0.4 is 11.1 Å². The van der Waals surface area contributed by atoms with Crippen molar-refractivity contribution in [1.29, 1.82) is 0 Å². The van der Waals surface area contributed by atoms with E-state index in [0.717, 1.165) is 38.9 Å². The number of urea groups is 1. The molecule has 9 heteroatoms. The largest absolute Gasteiger partial charge is 0.369 e. The number of primary amides is 1. The summed E-state index contributed by atoms with van der Waals surface area (Å²) in [6.45, 7) is 5.13. The molecule has 1 fully saturated rings. The Morgan fingerprint density at radius 3 is 2.96 bits per heavy atom. The molecule has 0 spiro atoms. The Balaban J connectivity index is 1.62. The maximum absolute atomic E-state index is 12.0. The fourth-order valence-corrected chi connectivity index (χ4v) is 2.80. The van der Waals surface area contributed by atoms with Crippen molar-refractivity contribution >= 4 is 11.9 Å². The number of hydrogen-bond acceptors (Lipinski definition) is 6. The summed E-state index contributed by atoms with van der Waals surface area (Å²) in [4.78, 5) is 31.1. The first-order chi connectivity index (χ1) is 11.5. The number of nitrogens with zero attached hydrogens (tertiary/aromatic N) is 4. The quantitative estimate of drug-likeness (QED) is 0.681. The fraction of sp³-hybridized carbons (Fsp3) is 0.733. The van der Waals surface area contributed by atoms with Gasteiger partial charge in [-0.05, 0) is 39.3 Å². The molecule has 3 N–H and O–H groups in total. The molecule has 24 heavy (non-hydrogen) atoms. The molecule has 0 radical (unpaired) electrons. The molecule has 2 rings (SSSR count). The maximum atomic E-state index is 12.0. The summed E-state index contributed by atoms with van der Waals surface area (Å²) in [6.07, 6.45) is 2.69. The van der Waals surface area contributed by atoms with Crippen LogP contribution in [0.2, 0.25) is 0 Å². The second-order valence-corrected chi connectivity index (χ2v) is 6.22. The third kappa shape index (κ3) is 5.48. The van der Waals surface area contributed by atoms with E-state index in [2.05, 4.69) is 20.4 Å².